The normalized spacial score (nSPS) is 20.4. The molecule has 0 bridgehead atoms. The molecule has 20 heavy (non-hydrogen) atoms. The number of halogens is 1. The number of piperidine rings is 1. The lowest BCUT2D eigenvalue weighted by atomic mass is 9.93. The van der Waals surface area contributed by atoms with Crippen molar-refractivity contribution < 1.29 is 9.53 Å². The standard InChI is InChI=1S/C16H20ClNO2/c1-11(17)12-4-7-18(8-5-12)16(19)14-2-3-15-13(10-14)6-9-20-15/h2-3,10-12H,4-9H2,1H3. The van der Waals surface area contributed by atoms with Gasteiger partial charge in [0.25, 0.3) is 5.91 Å². The number of carbonyl (C=O) groups excluding carboxylic acids is 1. The van der Waals surface area contributed by atoms with Gasteiger partial charge in [0.2, 0.25) is 0 Å². The molecule has 0 radical (unpaired) electrons. The summed E-state index contributed by atoms with van der Waals surface area (Å²) in [7, 11) is 0. The van der Waals surface area contributed by atoms with Gasteiger partial charge in [0.1, 0.15) is 5.75 Å². The Balaban J connectivity index is 1.68. The molecule has 1 atom stereocenters. The fraction of sp³-hybridized carbons (Fsp3) is 0.562. The summed E-state index contributed by atoms with van der Waals surface area (Å²) in [5.74, 6) is 1.60. The summed E-state index contributed by atoms with van der Waals surface area (Å²) in [6, 6.07) is 5.78. The van der Waals surface area contributed by atoms with Gasteiger partial charge in [-0.15, -0.1) is 11.6 Å². The van der Waals surface area contributed by atoms with Gasteiger partial charge in [-0.25, -0.2) is 0 Å². The van der Waals surface area contributed by atoms with Crippen LogP contribution in [0.1, 0.15) is 35.7 Å². The predicted octanol–water partition coefficient (Wildman–Crippen LogP) is 3.10. The highest BCUT2D eigenvalue weighted by molar-refractivity contribution is 6.20. The van der Waals surface area contributed by atoms with E-state index in [1.54, 1.807) is 0 Å². The molecule has 0 aliphatic carbocycles. The Labute approximate surface area is 124 Å². The molecule has 1 aromatic carbocycles. The van der Waals surface area contributed by atoms with Gasteiger partial charge >= 0.3 is 0 Å². The lowest BCUT2D eigenvalue weighted by molar-refractivity contribution is 0.0690. The molecule has 0 aromatic heterocycles. The van der Waals surface area contributed by atoms with Crippen molar-refractivity contribution in [3.8, 4) is 5.75 Å². The van der Waals surface area contributed by atoms with Crippen LogP contribution < -0.4 is 4.74 Å². The van der Waals surface area contributed by atoms with E-state index in [0.717, 1.165) is 55.8 Å². The molecule has 2 heterocycles. The molecule has 3 nitrogen and oxygen atoms in total. The number of likely N-dealkylation sites (tertiary alicyclic amines) is 1. The van der Waals surface area contributed by atoms with Crippen molar-refractivity contribution in [3.63, 3.8) is 0 Å². The van der Waals surface area contributed by atoms with E-state index in [1.165, 1.54) is 0 Å². The molecule has 1 fully saturated rings. The lowest BCUT2D eigenvalue weighted by Crippen LogP contribution is -2.40. The number of rotatable bonds is 2. The monoisotopic (exact) mass is 293 g/mol. The number of nitrogens with zero attached hydrogens (tertiary/aromatic N) is 1. The van der Waals surface area contributed by atoms with Gasteiger partial charge in [-0.2, -0.15) is 0 Å². The molecule has 0 spiro atoms. The first kappa shape index (κ1) is 13.7. The van der Waals surface area contributed by atoms with Crippen LogP contribution in [-0.2, 0) is 6.42 Å². The van der Waals surface area contributed by atoms with Gasteiger partial charge in [-0.05, 0) is 49.4 Å². The zero-order chi connectivity index (χ0) is 14.1. The first-order valence-corrected chi connectivity index (χ1v) is 7.78. The van der Waals surface area contributed by atoms with Crippen LogP contribution in [0.15, 0.2) is 18.2 Å². The molecular weight excluding hydrogens is 274 g/mol. The average molecular weight is 294 g/mol. The first-order chi connectivity index (χ1) is 9.65. The maximum absolute atomic E-state index is 12.5. The van der Waals surface area contributed by atoms with Crippen LogP contribution in [0.3, 0.4) is 0 Å². The average Bonchev–Trinajstić information content (AvgIpc) is 2.94. The summed E-state index contributed by atoms with van der Waals surface area (Å²) in [4.78, 5) is 14.5. The summed E-state index contributed by atoms with van der Waals surface area (Å²) in [5, 5.41) is 0.199. The summed E-state index contributed by atoms with van der Waals surface area (Å²) in [5.41, 5.74) is 1.94. The van der Waals surface area contributed by atoms with Crippen molar-refractivity contribution in [2.45, 2.75) is 31.6 Å². The molecule has 3 rings (SSSR count). The zero-order valence-electron chi connectivity index (χ0n) is 11.8. The molecular formula is C16H20ClNO2. The Morgan fingerprint density at radius 3 is 2.85 bits per heavy atom. The van der Waals surface area contributed by atoms with Gasteiger partial charge < -0.3 is 9.64 Å². The molecule has 4 heteroatoms. The van der Waals surface area contributed by atoms with Gasteiger partial charge in [0.15, 0.2) is 0 Å². The molecule has 108 valence electrons. The summed E-state index contributed by atoms with van der Waals surface area (Å²) in [6.45, 7) is 4.40. The first-order valence-electron chi connectivity index (χ1n) is 7.34. The van der Waals surface area contributed by atoms with Crippen molar-refractivity contribution in [1.82, 2.24) is 4.90 Å². The highest BCUT2D eigenvalue weighted by atomic mass is 35.5. The quantitative estimate of drug-likeness (QED) is 0.784. The van der Waals surface area contributed by atoms with Crippen molar-refractivity contribution in [1.29, 1.82) is 0 Å². The van der Waals surface area contributed by atoms with Crippen LogP contribution in [0.2, 0.25) is 0 Å². The van der Waals surface area contributed by atoms with Crippen LogP contribution in [-0.4, -0.2) is 35.9 Å². The maximum atomic E-state index is 12.5. The third kappa shape index (κ3) is 2.64. The maximum Gasteiger partial charge on any atom is 0.253 e. The number of ether oxygens (including phenoxy) is 1. The Morgan fingerprint density at radius 2 is 2.15 bits per heavy atom. The minimum Gasteiger partial charge on any atom is -0.493 e. The number of hydrogen-bond donors (Lipinski definition) is 0. The molecule has 2 aliphatic heterocycles. The molecule has 2 aliphatic rings. The number of fused-ring (bicyclic) bond motifs is 1. The van der Waals surface area contributed by atoms with Gasteiger partial charge in [-0.1, -0.05) is 0 Å². The zero-order valence-corrected chi connectivity index (χ0v) is 12.5. The Bertz CT molecular complexity index is 507. The largest absolute Gasteiger partial charge is 0.493 e. The van der Waals surface area contributed by atoms with Crippen molar-refractivity contribution in [2.24, 2.45) is 5.92 Å². The van der Waals surface area contributed by atoms with Gasteiger partial charge in [0, 0.05) is 30.5 Å². The topological polar surface area (TPSA) is 29.5 Å². The van der Waals surface area contributed by atoms with E-state index >= 15 is 0 Å². The van der Waals surface area contributed by atoms with E-state index in [0.29, 0.717) is 5.92 Å². The van der Waals surface area contributed by atoms with Crippen LogP contribution in [0.4, 0.5) is 0 Å². The number of alkyl halides is 1. The van der Waals surface area contributed by atoms with Gasteiger partial charge in [-0.3, -0.25) is 4.79 Å². The van der Waals surface area contributed by atoms with Crippen molar-refractivity contribution in [2.75, 3.05) is 19.7 Å². The minimum absolute atomic E-state index is 0.139. The number of hydrogen-bond acceptors (Lipinski definition) is 2. The molecule has 1 saturated heterocycles. The second-order valence-electron chi connectivity index (χ2n) is 5.73. The number of carbonyl (C=O) groups is 1. The van der Waals surface area contributed by atoms with E-state index in [4.69, 9.17) is 16.3 Å². The fourth-order valence-corrected chi connectivity index (χ4v) is 3.32. The van der Waals surface area contributed by atoms with E-state index < -0.39 is 0 Å². The Hall–Kier alpha value is -1.22. The van der Waals surface area contributed by atoms with E-state index in [-0.39, 0.29) is 11.3 Å². The van der Waals surface area contributed by atoms with E-state index in [1.807, 2.05) is 30.0 Å². The number of benzene rings is 1. The van der Waals surface area contributed by atoms with Crippen LogP contribution >= 0.6 is 11.6 Å². The predicted molar refractivity (Wildman–Crippen MR) is 79.6 cm³/mol. The molecule has 1 aromatic rings. The smallest absolute Gasteiger partial charge is 0.253 e. The van der Waals surface area contributed by atoms with Crippen LogP contribution in [0.5, 0.6) is 5.75 Å². The summed E-state index contributed by atoms with van der Waals surface area (Å²) in [6.07, 6.45) is 2.91. The van der Waals surface area contributed by atoms with Crippen LogP contribution in [0.25, 0.3) is 0 Å². The molecule has 1 amide bonds. The SMILES string of the molecule is CC(Cl)C1CCN(C(=O)c2ccc3c(c2)CCO3)CC1. The number of amides is 1. The van der Waals surface area contributed by atoms with E-state index in [9.17, 15) is 4.79 Å². The Kier molecular flexibility index (Phi) is 3.88. The summed E-state index contributed by atoms with van der Waals surface area (Å²) < 4.78 is 5.48. The third-order valence-corrected chi connectivity index (χ3v) is 4.77. The Morgan fingerprint density at radius 1 is 1.40 bits per heavy atom. The highest BCUT2D eigenvalue weighted by Gasteiger charge is 2.26. The van der Waals surface area contributed by atoms with Crippen molar-refractivity contribution in [3.05, 3.63) is 29.3 Å². The van der Waals surface area contributed by atoms with Crippen LogP contribution in [0, 0.1) is 5.92 Å². The van der Waals surface area contributed by atoms with Gasteiger partial charge in [0.05, 0.1) is 6.61 Å². The second-order valence-corrected chi connectivity index (χ2v) is 6.42. The van der Waals surface area contributed by atoms with Crippen molar-refractivity contribution >= 4 is 17.5 Å². The minimum atomic E-state index is 0.139. The lowest BCUT2D eigenvalue weighted by Gasteiger charge is -2.33. The molecule has 0 N–H and O–H groups in total. The van der Waals surface area contributed by atoms with E-state index in [2.05, 4.69) is 0 Å². The second kappa shape index (κ2) is 5.65. The molecule has 0 saturated carbocycles. The highest BCUT2D eigenvalue weighted by Crippen LogP contribution is 2.28. The summed E-state index contributed by atoms with van der Waals surface area (Å²) >= 11 is 6.15. The molecule has 1 unspecified atom stereocenters. The third-order valence-electron chi connectivity index (χ3n) is 4.41. The fourth-order valence-electron chi connectivity index (χ4n) is 3.06.